The van der Waals surface area contributed by atoms with Crippen LogP contribution in [0.15, 0.2) is 45.8 Å². The zero-order valence-corrected chi connectivity index (χ0v) is 15.6. The van der Waals surface area contributed by atoms with Gasteiger partial charge in [0.05, 0.1) is 33.3 Å². The molecule has 5 nitrogen and oxygen atoms in total. The van der Waals surface area contributed by atoms with Crippen molar-refractivity contribution in [2.24, 2.45) is 0 Å². The first-order valence-electron chi connectivity index (χ1n) is 6.10. The van der Waals surface area contributed by atoms with Crippen molar-refractivity contribution in [3.63, 3.8) is 0 Å². The minimum atomic E-state index is -3.95. The van der Waals surface area contributed by atoms with E-state index in [0.29, 0.717) is 4.47 Å². The molecule has 0 aliphatic rings. The maximum absolute atomic E-state index is 12.4. The molecular weight excluding hydrogens is 429 g/mol. The van der Waals surface area contributed by atoms with Gasteiger partial charge in [-0.15, -0.1) is 0 Å². The zero-order chi connectivity index (χ0) is 17.2. The third kappa shape index (κ3) is 4.17. The van der Waals surface area contributed by atoms with Crippen LogP contribution in [0, 0.1) is 0 Å². The highest BCUT2D eigenvalue weighted by atomic mass is 79.9. The molecule has 0 saturated carbocycles. The number of hydrogen-bond donors (Lipinski definition) is 1. The minimum absolute atomic E-state index is 0.0745. The Balaban J connectivity index is 2.45. The number of esters is 1. The van der Waals surface area contributed by atoms with Gasteiger partial charge < -0.3 is 4.74 Å². The second kappa shape index (κ2) is 7.09. The molecule has 122 valence electrons. The number of hydrogen-bond acceptors (Lipinski definition) is 4. The van der Waals surface area contributed by atoms with Crippen LogP contribution in [0.2, 0.25) is 10.0 Å². The van der Waals surface area contributed by atoms with E-state index in [1.165, 1.54) is 37.4 Å². The van der Waals surface area contributed by atoms with E-state index >= 15 is 0 Å². The first kappa shape index (κ1) is 18.1. The van der Waals surface area contributed by atoms with Gasteiger partial charge in [-0.2, -0.15) is 0 Å². The molecular formula is C14H10BrCl2NO4S. The average molecular weight is 439 g/mol. The Kier molecular flexibility index (Phi) is 5.57. The fourth-order valence-electron chi connectivity index (χ4n) is 1.73. The summed E-state index contributed by atoms with van der Waals surface area (Å²) in [7, 11) is -2.74. The number of halogens is 3. The Bertz CT molecular complexity index is 871. The summed E-state index contributed by atoms with van der Waals surface area (Å²) in [5, 5.41) is 0.350. The van der Waals surface area contributed by atoms with Gasteiger partial charge in [0.2, 0.25) is 0 Å². The van der Waals surface area contributed by atoms with E-state index in [1.807, 2.05) is 0 Å². The number of carbonyl (C=O) groups is 1. The SMILES string of the molecule is COC(=O)c1cc(Br)ccc1NS(=O)(=O)c1ccc(Cl)c(Cl)c1. The Hall–Kier alpha value is -1.28. The van der Waals surface area contributed by atoms with Gasteiger partial charge in [-0.25, -0.2) is 13.2 Å². The number of sulfonamides is 1. The molecule has 1 N–H and O–H groups in total. The average Bonchev–Trinajstić information content (AvgIpc) is 2.50. The summed E-state index contributed by atoms with van der Waals surface area (Å²) in [5.74, 6) is -0.668. The van der Waals surface area contributed by atoms with Crippen LogP contribution in [0.4, 0.5) is 5.69 Å². The molecule has 0 saturated heterocycles. The molecule has 23 heavy (non-hydrogen) atoms. The lowest BCUT2D eigenvalue weighted by Crippen LogP contribution is -2.16. The van der Waals surface area contributed by atoms with E-state index in [4.69, 9.17) is 23.2 Å². The molecule has 0 amide bonds. The van der Waals surface area contributed by atoms with Gasteiger partial charge in [-0.1, -0.05) is 39.1 Å². The van der Waals surface area contributed by atoms with Crippen molar-refractivity contribution in [2.75, 3.05) is 11.8 Å². The Morgan fingerprint density at radius 2 is 1.83 bits per heavy atom. The molecule has 0 bridgehead atoms. The Morgan fingerprint density at radius 3 is 2.43 bits per heavy atom. The largest absolute Gasteiger partial charge is 0.465 e. The number of methoxy groups -OCH3 is 1. The number of anilines is 1. The molecule has 0 aliphatic carbocycles. The van der Waals surface area contributed by atoms with Crippen molar-refractivity contribution >= 4 is 60.8 Å². The second-order valence-electron chi connectivity index (χ2n) is 4.36. The summed E-state index contributed by atoms with van der Waals surface area (Å²) in [6, 6.07) is 8.42. The van der Waals surface area contributed by atoms with Crippen molar-refractivity contribution in [3.8, 4) is 0 Å². The molecule has 0 atom stereocenters. The number of ether oxygens (including phenoxy) is 1. The van der Waals surface area contributed by atoms with E-state index in [1.54, 1.807) is 6.07 Å². The highest BCUT2D eigenvalue weighted by Gasteiger charge is 2.20. The lowest BCUT2D eigenvalue weighted by molar-refractivity contribution is 0.0602. The minimum Gasteiger partial charge on any atom is -0.465 e. The number of carbonyl (C=O) groups excluding carboxylic acids is 1. The number of benzene rings is 2. The van der Waals surface area contributed by atoms with Gasteiger partial charge in [-0.05, 0) is 36.4 Å². The summed E-state index contributed by atoms with van der Waals surface area (Å²) < 4.78 is 32.5. The first-order valence-corrected chi connectivity index (χ1v) is 9.13. The first-order chi connectivity index (χ1) is 10.7. The van der Waals surface area contributed by atoms with Crippen molar-refractivity contribution < 1.29 is 17.9 Å². The second-order valence-corrected chi connectivity index (χ2v) is 7.78. The zero-order valence-electron chi connectivity index (χ0n) is 11.6. The molecule has 0 heterocycles. The normalized spacial score (nSPS) is 11.1. The molecule has 2 aromatic carbocycles. The third-order valence-electron chi connectivity index (χ3n) is 2.83. The topological polar surface area (TPSA) is 72.5 Å². The Labute approximate surface area is 151 Å². The molecule has 2 rings (SSSR count). The molecule has 0 unspecified atom stereocenters. The molecule has 0 fully saturated rings. The van der Waals surface area contributed by atoms with Gasteiger partial charge in [0.15, 0.2) is 0 Å². The monoisotopic (exact) mass is 437 g/mol. The van der Waals surface area contributed by atoms with E-state index in [0.717, 1.165) is 0 Å². The van der Waals surface area contributed by atoms with Gasteiger partial charge in [-0.3, -0.25) is 4.72 Å². The predicted octanol–water partition coefficient (Wildman–Crippen LogP) is 4.34. The Morgan fingerprint density at radius 1 is 1.13 bits per heavy atom. The highest BCUT2D eigenvalue weighted by molar-refractivity contribution is 9.10. The summed E-state index contributed by atoms with van der Waals surface area (Å²) in [4.78, 5) is 11.7. The number of nitrogens with one attached hydrogen (secondary N) is 1. The van der Waals surface area contributed by atoms with Crippen LogP contribution in [0.3, 0.4) is 0 Å². The van der Waals surface area contributed by atoms with Crippen LogP contribution in [0.5, 0.6) is 0 Å². The van der Waals surface area contributed by atoms with Crippen molar-refractivity contribution in [1.29, 1.82) is 0 Å². The van der Waals surface area contributed by atoms with Gasteiger partial charge in [0.1, 0.15) is 0 Å². The quantitative estimate of drug-likeness (QED) is 0.720. The highest BCUT2D eigenvalue weighted by Crippen LogP contribution is 2.28. The summed E-state index contributed by atoms with van der Waals surface area (Å²) in [6.45, 7) is 0. The molecule has 0 radical (unpaired) electrons. The smallest absolute Gasteiger partial charge is 0.340 e. The van der Waals surface area contributed by atoms with Gasteiger partial charge in [0, 0.05) is 4.47 Å². The fraction of sp³-hybridized carbons (Fsp3) is 0.0714. The van der Waals surface area contributed by atoms with Gasteiger partial charge >= 0.3 is 5.97 Å². The summed E-state index contributed by atoms with van der Waals surface area (Å²) >= 11 is 14.8. The van der Waals surface area contributed by atoms with E-state index < -0.39 is 16.0 Å². The van der Waals surface area contributed by atoms with Crippen LogP contribution in [-0.2, 0) is 14.8 Å². The van der Waals surface area contributed by atoms with Crippen molar-refractivity contribution in [2.45, 2.75) is 4.90 Å². The lowest BCUT2D eigenvalue weighted by atomic mass is 10.2. The predicted molar refractivity (Wildman–Crippen MR) is 92.8 cm³/mol. The third-order valence-corrected chi connectivity index (χ3v) is 5.43. The molecule has 0 spiro atoms. The van der Waals surface area contributed by atoms with Crippen LogP contribution < -0.4 is 4.72 Å². The lowest BCUT2D eigenvalue weighted by Gasteiger charge is -2.12. The fourth-order valence-corrected chi connectivity index (χ4v) is 3.56. The van der Waals surface area contributed by atoms with E-state index in [-0.39, 0.29) is 26.2 Å². The standard InChI is InChI=1S/C14H10BrCl2NO4S/c1-22-14(19)10-6-8(15)2-5-13(10)18-23(20,21)9-3-4-11(16)12(17)7-9/h2-7,18H,1H3. The molecule has 0 aliphatic heterocycles. The van der Waals surface area contributed by atoms with E-state index in [2.05, 4.69) is 25.4 Å². The van der Waals surface area contributed by atoms with Crippen molar-refractivity contribution in [3.05, 3.63) is 56.5 Å². The van der Waals surface area contributed by atoms with Crippen LogP contribution in [0.25, 0.3) is 0 Å². The maximum atomic E-state index is 12.4. The molecule has 2 aromatic rings. The molecule has 9 heteroatoms. The summed E-state index contributed by atoms with van der Waals surface area (Å²) in [5.41, 5.74) is 0.164. The molecule has 0 aromatic heterocycles. The van der Waals surface area contributed by atoms with E-state index in [9.17, 15) is 13.2 Å². The van der Waals surface area contributed by atoms with Crippen LogP contribution in [-0.4, -0.2) is 21.5 Å². The maximum Gasteiger partial charge on any atom is 0.340 e. The van der Waals surface area contributed by atoms with Crippen molar-refractivity contribution in [1.82, 2.24) is 0 Å². The number of rotatable bonds is 4. The van der Waals surface area contributed by atoms with Crippen LogP contribution >= 0.6 is 39.1 Å². The van der Waals surface area contributed by atoms with Gasteiger partial charge in [0.25, 0.3) is 10.0 Å². The summed E-state index contributed by atoms with van der Waals surface area (Å²) in [6.07, 6.45) is 0. The van der Waals surface area contributed by atoms with Crippen LogP contribution in [0.1, 0.15) is 10.4 Å².